The Kier molecular flexibility index (Phi) is 6.07. The zero-order valence-electron chi connectivity index (χ0n) is 16.1. The first-order chi connectivity index (χ1) is 13.9. The summed E-state index contributed by atoms with van der Waals surface area (Å²) in [6, 6.07) is 11.0. The van der Waals surface area contributed by atoms with Gasteiger partial charge in [-0.1, -0.05) is 25.1 Å². The first-order valence-electron chi connectivity index (χ1n) is 9.34. The lowest BCUT2D eigenvalue weighted by Gasteiger charge is -2.19. The Balaban J connectivity index is 1.77. The van der Waals surface area contributed by atoms with Crippen LogP contribution in [0.25, 0.3) is 0 Å². The minimum absolute atomic E-state index is 0.116. The summed E-state index contributed by atoms with van der Waals surface area (Å²) in [7, 11) is 0. The molecule has 6 nitrogen and oxygen atoms in total. The van der Waals surface area contributed by atoms with Gasteiger partial charge in [-0.3, -0.25) is 9.59 Å². The summed E-state index contributed by atoms with van der Waals surface area (Å²) in [4.78, 5) is 40.5. The predicted molar refractivity (Wildman–Crippen MR) is 109 cm³/mol. The lowest BCUT2D eigenvalue weighted by atomic mass is 10.1. The van der Waals surface area contributed by atoms with Crippen molar-refractivity contribution in [2.75, 3.05) is 16.8 Å². The van der Waals surface area contributed by atoms with Crippen LogP contribution in [0.1, 0.15) is 18.9 Å². The number of imide groups is 1. The van der Waals surface area contributed by atoms with E-state index in [4.69, 9.17) is 0 Å². The van der Waals surface area contributed by atoms with E-state index in [1.807, 2.05) is 19.1 Å². The van der Waals surface area contributed by atoms with E-state index in [0.717, 1.165) is 16.9 Å². The summed E-state index contributed by atoms with van der Waals surface area (Å²) in [5.74, 6) is -1.38. The van der Waals surface area contributed by atoms with Crippen molar-refractivity contribution in [3.8, 4) is 0 Å². The fourth-order valence-corrected chi connectivity index (χ4v) is 3.22. The Morgan fingerprint density at radius 2 is 1.79 bits per heavy atom. The summed E-state index contributed by atoms with van der Waals surface area (Å²) in [5.41, 5.74) is 2.02. The predicted octanol–water partition coefficient (Wildman–Crippen LogP) is 3.74. The molecule has 7 heteroatoms. The molecule has 0 unspecified atom stereocenters. The summed E-state index contributed by atoms with van der Waals surface area (Å²) < 4.78 is 13.2. The average Bonchev–Trinajstić information content (AvgIpc) is 2.94. The molecule has 3 rings (SSSR count). The van der Waals surface area contributed by atoms with Gasteiger partial charge in [0.15, 0.2) is 0 Å². The van der Waals surface area contributed by atoms with Gasteiger partial charge in [0.2, 0.25) is 5.91 Å². The highest BCUT2D eigenvalue weighted by molar-refractivity contribution is 6.22. The van der Waals surface area contributed by atoms with Crippen LogP contribution in [0.5, 0.6) is 0 Å². The Morgan fingerprint density at radius 1 is 1.14 bits per heavy atom. The van der Waals surface area contributed by atoms with Crippen molar-refractivity contribution in [1.29, 1.82) is 0 Å². The molecular weight excluding hydrogens is 373 g/mol. The van der Waals surface area contributed by atoms with E-state index in [9.17, 15) is 18.8 Å². The largest absolute Gasteiger partial charge is 0.332 e. The van der Waals surface area contributed by atoms with Crippen LogP contribution in [-0.4, -0.2) is 35.3 Å². The van der Waals surface area contributed by atoms with Gasteiger partial charge in [-0.2, -0.15) is 0 Å². The highest BCUT2D eigenvalue weighted by Gasteiger charge is 2.46. The van der Waals surface area contributed by atoms with Crippen molar-refractivity contribution >= 4 is 29.2 Å². The smallest absolute Gasteiger partial charge is 0.326 e. The number of rotatable bonds is 7. The van der Waals surface area contributed by atoms with Crippen molar-refractivity contribution in [2.24, 2.45) is 0 Å². The lowest BCUT2D eigenvalue weighted by Crippen LogP contribution is -2.38. The van der Waals surface area contributed by atoms with Crippen LogP contribution in [0.3, 0.4) is 0 Å². The van der Waals surface area contributed by atoms with E-state index < -0.39 is 23.8 Å². The molecule has 29 heavy (non-hydrogen) atoms. The normalized spacial score (nSPS) is 16.3. The monoisotopic (exact) mass is 395 g/mol. The SMILES string of the molecule is C=CCN1C(=O)N(c2ccc(F)cc2)C(=O)[C@@H]1CC(=O)Nc1ccc(CC)cc1. The zero-order valence-corrected chi connectivity index (χ0v) is 16.1. The molecule has 1 aliphatic rings. The number of hydrogen-bond acceptors (Lipinski definition) is 3. The lowest BCUT2D eigenvalue weighted by molar-refractivity contribution is -0.124. The molecule has 2 aromatic rings. The summed E-state index contributed by atoms with van der Waals surface area (Å²) in [6.07, 6.45) is 2.20. The number of benzene rings is 2. The van der Waals surface area contributed by atoms with Gasteiger partial charge in [0.25, 0.3) is 5.91 Å². The Morgan fingerprint density at radius 3 is 2.38 bits per heavy atom. The van der Waals surface area contributed by atoms with E-state index in [2.05, 4.69) is 11.9 Å². The van der Waals surface area contributed by atoms with Gasteiger partial charge >= 0.3 is 6.03 Å². The van der Waals surface area contributed by atoms with E-state index in [-0.39, 0.29) is 24.6 Å². The fourth-order valence-electron chi connectivity index (χ4n) is 3.22. The molecule has 0 radical (unpaired) electrons. The number of carbonyl (C=O) groups is 3. The number of carbonyl (C=O) groups excluding carboxylic acids is 3. The standard InChI is InChI=1S/C22H22FN3O3/c1-3-13-25-19(14-20(27)24-17-9-5-15(4-2)6-10-17)21(28)26(22(25)29)18-11-7-16(23)8-12-18/h3,5-12,19H,1,4,13-14H2,2H3,(H,24,27)/t19-/m0/s1. The number of amides is 4. The van der Waals surface area contributed by atoms with E-state index in [1.54, 1.807) is 12.1 Å². The molecule has 0 aromatic heterocycles. The molecule has 1 fully saturated rings. The van der Waals surface area contributed by atoms with Gasteiger partial charge in [-0.15, -0.1) is 6.58 Å². The number of aryl methyl sites for hydroxylation is 1. The highest BCUT2D eigenvalue weighted by Crippen LogP contribution is 2.27. The maximum Gasteiger partial charge on any atom is 0.332 e. The minimum Gasteiger partial charge on any atom is -0.326 e. The maximum absolute atomic E-state index is 13.2. The molecule has 1 heterocycles. The third-order valence-corrected chi connectivity index (χ3v) is 4.75. The first-order valence-corrected chi connectivity index (χ1v) is 9.34. The molecular formula is C22H22FN3O3. The Labute approximate surface area is 168 Å². The average molecular weight is 395 g/mol. The van der Waals surface area contributed by atoms with E-state index >= 15 is 0 Å². The van der Waals surface area contributed by atoms with Crippen LogP contribution < -0.4 is 10.2 Å². The third kappa shape index (κ3) is 4.34. The summed E-state index contributed by atoms with van der Waals surface area (Å²) >= 11 is 0. The van der Waals surface area contributed by atoms with Crippen LogP contribution >= 0.6 is 0 Å². The summed E-state index contributed by atoms with van der Waals surface area (Å²) in [6.45, 7) is 5.77. The van der Waals surface area contributed by atoms with Gasteiger partial charge in [-0.05, 0) is 48.4 Å². The van der Waals surface area contributed by atoms with Crippen molar-refractivity contribution in [2.45, 2.75) is 25.8 Å². The number of nitrogens with one attached hydrogen (secondary N) is 1. The number of nitrogens with zero attached hydrogens (tertiary/aromatic N) is 2. The fraction of sp³-hybridized carbons (Fsp3) is 0.227. The Hall–Kier alpha value is -3.48. The van der Waals surface area contributed by atoms with Gasteiger partial charge in [0.1, 0.15) is 11.9 Å². The van der Waals surface area contributed by atoms with Crippen molar-refractivity contribution < 1.29 is 18.8 Å². The zero-order chi connectivity index (χ0) is 21.0. The molecule has 1 N–H and O–H groups in total. The molecule has 0 bridgehead atoms. The minimum atomic E-state index is -0.958. The van der Waals surface area contributed by atoms with Gasteiger partial charge in [-0.25, -0.2) is 14.1 Å². The van der Waals surface area contributed by atoms with Crippen LogP contribution in [0, 0.1) is 5.82 Å². The topological polar surface area (TPSA) is 69.7 Å². The van der Waals surface area contributed by atoms with Crippen molar-refractivity contribution in [3.05, 3.63) is 72.6 Å². The van der Waals surface area contributed by atoms with E-state index in [1.165, 1.54) is 35.2 Å². The van der Waals surface area contributed by atoms with Crippen LogP contribution in [0.2, 0.25) is 0 Å². The summed E-state index contributed by atoms with van der Waals surface area (Å²) in [5, 5.41) is 2.76. The number of halogens is 1. The molecule has 1 atom stereocenters. The molecule has 150 valence electrons. The second kappa shape index (κ2) is 8.68. The second-order valence-electron chi connectivity index (χ2n) is 6.69. The molecule has 0 spiro atoms. The molecule has 2 aromatic carbocycles. The molecule has 0 aliphatic carbocycles. The molecule has 4 amide bonds. The molecule has 1 aliphatic heterocycles. The maximum atomic E-state index is 13.2. The molecule has 1 saturated heterocycles. The first kappa shape index (κ1) is 20.3. The van der Waals surface area contributed by atoms with Crippen molar-refractivity contribution in [1.82, 2.24) is 4.90 Å². The number of anilines is 2. The molecule has 0 saturated carbocycles. The highest BCUT2D eigenvalue weighted by atomic mass is 19.1. The second-order valence-corrected chi connectivity index (χ2v) is 6.69. The van der Waals surface area contributed by atoms with Crippen molar-refractivity contribution in [3.63, 3.8) is 0 Å². The van der Waals surface area contributed by atoms with Gasteiger partial charge in [0, 0.05) is 12.2 Å². The Bertz CT molecular complexity index is 925. The number of urea groups is 1. The van der Waals surface area contributed by atoms with E-state index in [0.29, 0.717) is 5.69 Å². The van der Waals surface area contributed by atoms with Gasteiger partial charge < -0.3 is 10.2 Å². The van der Waals surface area contributed by atoms with Crippen LogP contribution in [-0.2, 0) is 16.0 Å². The third-order valence-electron chi connectivity index (χ3n) is 4.75. The quantitative estimate of drug-likeness (QED) is 0.574. The number of hydrogen-bond donors (Lipinski definition) is 1. The van der Waals surface area contributed by atoms with Crippen LogP contribution in [0.4, 0.5) is 20.6 Å². The van der Waals surface area contributed by atoms with Crippen LogP contribution in [0.15, 0.2) is 61.2 Å². The van der Waals surface area contributed by atoms with Gasteiger partial charge in [0.05, 0.1) is 12.1 Å².